The van der Waals surface area contributed by atoms with Gasteiger partial charge in [0.15, 0.2) is 0 Å². The fourth-order valence-corrected chi connectivity index (χ4v) is 3.35. The van der Waals surface area contributed by atoms with Crippen LogP contribution in [-0.4, -0.2) is 28.3 Å². The van der Waals surface area contributed by atoms with E-state index in [2.05, 4.69) is 20.9 Å². The van der Waals surface area contributed by atoms with Gasteiger partial charge in [0, 0.05) is 16.1 Å². The van der Waals surface area contributed by atoms with Crippen molar-refractivity contribution in [2.75, 3.05) is 6.61 Å². The summed E-state index contributed by atoms with van der Waals surface area (Å²) in [7, 11) is 0. The number of aromatic nitrogens is 2. The van der Waals surface area contributed by atoms with Gasteiger partial charge in [-0.3, -0.25) is 4.98 Å². The molecule has 3 aromatic rings. The van der Waals surface area contributed by atoms with Crippen molar-refractivity contribution in [3.8, 4) is 0 Å². The Kier molecular flexibility index (Phi) is 4.68. The van der Waals surface area contributed by atoms with Gasteiger partial charge >= 0.3 is 12.1 Å². The monoisotopic (exact) mass is 434 g/mol. The lowest BCUT2D eigenvalue weighted by Gasteiger charge is -2.12. The van der Waals surface area contributed by atoms with Crippen molar-refractivity contribution < 1.29 is 22.7 Å². The predicted molar refractivity (Wildman–Crippen MR) is 92.0 cm³/mol. The van der Waals surface area contributed by atoms with E-state index in [1.54, 1.807) is 25.1 Å². The number of carbonyl (C=O) groups is 1. The quantitative estimate of drug-likeness (QED) is 0.521. The van der Waals surface area contributed by atoms with Crippen LogP contribution in [0, 0.1) is 0 Å². The van der Waals surface area contributed by atoms with Gasteiger partial charge in [0.05, 0.1) is 33.7 Å². The second-order valence-electron chi connectivity index (χ2n) is 5.27. The van der Waals surface area contributed by atoms with Crippen molar-refractivity contribution in [3.05, 3.63) is 39.5 Å². The summed E-state index contributed by atoms with van der Waals surface area (Å²) in [6, 6.07) is 4.85. The minimum atomic E-state index is -4.46. The third-order valence-electron chi connectivity index (χ3n) is 3.60. The Labute approximate surface area is 153 Å². The van der Waals surface area contributed by atoms with E-state index in [1.807, 2.05) is 0 Å². The molecule has 0 aliphatic rings. The lowest BCUT2D eigenvalue weighted by molar-refractivity contribution is -0.139. The number of esters is 1. The fourth-order valence-electron chi connectivity index (χ4n) is 2.67. The largest absolute Gasteiger partial charge is 0.462 e. The molecule has 0 fully saturated rings. The highest BCUT2D eigenvalue weighted by atomic mass is 79.9. The van der Waals surface area contributed by atoms with Gasteiger partial charge < -0.3 is 9.30 Å². The second-order valence-corrected chi connectivity index (χ2v) is 6.56. The summed E-state index contributed by atoms with van der Waals surface area (Å²) in [5, 5.41) is 0.394. The van der Waals surface area contributed by atoms with Gasteiger partial charge in [-0.1, -0.05) is 27.5 Å². The molecule has 0 spiro atoms. The Hall–Kier alpha value is -1.80. The molecule has 0 atom stereocenters. The standard InChI is InChI=1S/C16H11BrClF3N2O2/c1-2-25-15(24)10-6-22-13-9-5-8(17)3-4-11(9)23(7-16(19,20)21)14(13)12(10)18/h3-6H,2,7H2,1H3. The number of benzene rings is 1. The van der Waals surface area contributed by atoms with Crippen LogP contribution in [0.4, 0.5) is 13.2 Å². The maximum atomic E-state index is 13.1. The number of alkyl halides is 3. The molecular weight excluding hydrogens is 425 g/mol. The molecule has 4 nitrogen and oxygen atoms in total. The highest BCUT2D eigenvalue weighted by molar-refractivity contribution is 9.10. The van der Waals surface area contributed by atoms with Gasteiger partial charge in [0.25, 0.3) is 0 Å². The highest BCUT2D eigenvalue weighted by Crippen LogP contribution is 2.37. The summed E-state index contributed by atoms with van der Waals surface area (Å²) >= 11 is 9.58. The van der Waals surface area contributed by atoms with Crippen molar-refractivity contribution in [2.45, 2.75) is 19.6 Å². The summed E-state index contributed by atoms with van der Waals surface area (Å²) in [6.45, 7) is 0.490. The van der Waals surface area contributed by atoms with Gasteiger partial charge in [-0.2, -0.15) is 13.2 Å². The van der Waals surface area contributed by atoms with Crippen molar-refractivity contribution in [3.63, 3.8) is 0 Å². The molecule has 2 heterocycles. The number of hydrogen-bond donors (Lipinski definition) is 0. The molecule has 0 amide bonds. The number of carbonyl (C=O) groups excluding carboxylic acids is 1. The number of rotatable bonds is 3. The van der Waals surface area contributed by atoms with E-state index in [9.17, 15) is 18.0 Å². The van der Waals surface area contributed by atoms with E-state index in [0.717, 1.165) is 4.57 Å². The Balaban J connectivity index is 2.38. The van der Waals surface area contributed by atoms with Crippen molar-refractivity contribution in [1.82, 2.24) is 9.55 Å². The molecule has 9 heteroatoms. The van der Waals surface area contributed by atoms with Crippen LogP contribution in [0.1, 0.15) is 17.3 Å². The zero-order valence-corrected chi connectivity index (χ0v) is 15.2. The molecule has 3 rings (SSSR count). The first-order valence-corrected chi connectivity index (χ1v) is 8.40. The number of ether oxygens (including phenoxy) is 1. The van der Waals surface area contributed by atoms with Crippen LogP contribution in [-0.2, 0) is 11.3 Å². The highest BCUT2D eigenvalue weighted by Gasteiger charge is 2.31. The van der Waals surface area contributed by atoms with Crippen molar-refractivity contribution in [1.29, 1.82) is 0 Å². The molecule has 0 bridgehead atoms. The van der Waals surface area contributed by atoms with E-state index in [4.69, 9.17) is 16.3 Å². The van der Waals surface area contributed by atoms with Crippen LogP contribution in [0.2, 0.25) is 5.02 Å². The zero-order valence-electron chi connectivity index (χ0n) is 12.8. The molecule has 0 aliphatic heterocycles. The third-order valence-corrected chi connectivity index (χ3v) is 4.47. The topological polar surface area (TPSA) is 44.1 Å². The summed E-state index contributed by atoms with van der Waals surface area (Å²) in [6.07, 6.45) is -3.24. The molecule has 0 saturated carbocycles. The molecular formula is C16H11BrClF3N2O2. The molecule has 2 aromatic heterocycles. The minimum Gasteiger partial charge on any atom is -0.462 e. The minimum absolute atomic E-state index is 0.0534. The number of nitrogens with zero attached hydrogens (tertiary/aromatic N) is 2. The average molecular weight is 436 g/mol. The van der Waals surface area contributed by atoms with Crippen LogP contribution in [0.5, 0.6) is 0 Å². The number of hydrogen-bond acceptors (Lipinski definition) is 3. The van der Waals surface area contributed by atoms with E-state index >= 15 is 0 Å². The maximum absolute atomic E-state index is 13.1. The van der Waals surface area contributed by atoms with Gasteiger partial charge in [-0.15, -0.1) is 0 Å². The number of halogens is 5. The van der Waals surface area contributed by atoms with Crippen LogP contribution in [0.15, 0.2) is 28.9 Å². The predicted octanol–water partition coefficient (Wildman–Crippen LogP) is 5.34. The maximum Gasteiger partial charge on any atom is 0.406 e. The van der Waals surface area contributed by atoms with Crippen LogP contribution in [0.25, 0.3) is 21.9 Å². The van der Waals surface area contributed by atoms with E-state index in [-0.39, 0.29) is 22.7 Å². The Bertz CT molecular complexity index is 985. The third kappa shape index (κ3) is 3.32. The number of fused-ring (bicyclic) bond motifs is 3. The van der Waals surface area contributed by atoms with Crippen LogP contribution < -0.4 is 0 Å². The summed E-state index contributed by atoms with van der Waals surface area (Å²) in [5.41, 5.74) is 0.600. The first kappa shape index (κ1) is 18.0. The Morgan fingerprint density at radius 3 is 2.76 bits per heavy atom. The fraction of sp³-hybridized carbons (Fsp3) is 0.250. The SMILES string of the molecule is CCOC(=O)c1cnc2c3cc(Br)ccc3n(CC(F)(F)F)c2c1Cl. The number of pyridine rings is 1. The van der Waals surface area contributed by atoms with Crippen molar-refractivity contribution in [2.24, 2.45) is 0 Å². The molecule has 1 aromatic carbocycles. The van der Waals surface area contributed by atoms with Gasteiger partial charge in [0.2, 0.25) is 0 Å². The lowest BCUT2D eigenvalue weighted by atomic mass is 10.2. The zero-order chi connectivity index (χ0) is 18.4. The summed E-state index contributed by atoms with van der Waals surface area (Å²) in [5.74, 6) is -0.730. The van der Waals surface area contributed by atoms with Gasteiger partial charge in [-0.05, 0) is 25.1 Å². The van der Waals surface area contributed by atoms with Gasteiger partial charge in [0.1, 0.15) is 6.54 Å². The molecule has 0 unspecified atom stereocenters. The lowest BCUT2D eigenvalue weighted by Crippen LogP contribution is -2.18. The molecule has 25 heavy (non-hydrogen) atoms. The average Bonchev–Trinajstić information content (AvgIpc) is 2.80. The van der Waals surface area contributed by atoms with E-state index in [0.29, 0.717) is 20.9 Å². The van der Waals surface area contributed by atoms with Crippen molar-refractivity contribution >= 4 is 55.4 Å². The van der Waals surface area contributed by atoms with E-state index in [1.165, 1.54) is 6.20 Å². The molecule has 132 valence electrons. The smallest absolute Gasteiger partial charge is 0.406 e. The van der Waals surface area contributed by atoms with Gasteiger partial charge in [-0.25, -0.2) is 4.79 Å². The molecule has 0 aliphatic carbocycles. The normalized spacial score (nSPS) is 12.1. The summed E-state index contributed by atoms with van der Waals surface area (Å²) in [4.78, 5) is 16.2. The first-order chi connectivity index (χ1) is 11.7. The molecule has 0 radical (unpaired) electrons. The Morgan fingerprint density at radius 1 is 1.40 bits per heavy atom. The van der Waals surface area contributed by atoms with Crippen LogP contribution >= 0.6 is 27.5 Å². The van der Waals surface area contributed by atoms with E-state index < -0.39 is 18.7 Å². The Morgan fingerprint density at radius 2 is 2.12 bits per heavy atom. The summed E-state index contributed by atoms with van der Waals surface area (Å²) < 4.78 is 45.8. The molecule has 0 N–H and O–H groups in total. The molecule has 0 saturated heterocycles. The first-order valence-electron chi connectivity index (χ1n) is 7.22. The second kappa shape index (κ2) is 6.49. The van der Waals surface area contributed by atoms with Crippen LogP contribution in [0.3, 0.4) is 0 Å².